The van der Waals surface area contributed by atoms with Crippen molar-refractivity contribution in [2.45, 2.75) is 26.2 Å². The third-order valence-corrected chi connectivity index (χ3v) is 4.41. The Hall–Kier alpha value is -1.40. The molecule has 0 aliphatic carbocycles. The molecule has 1 amide bonds. The lowest BCUT2D eigenvalue weighted by molar-refractivity contribution is -0.125. The maximum Gasteiger partial charge on any atom is 0.337 e. The van der Waals surface area contributed by atoms with Crippen molar-refractivity contribution in [2.75, 3.05) is 18.4 Å². The first-order chi connectivity index (χ1) is 9.98. The van der Waals surface area contributed by atoms with Crippen LogP contribution in [0.4, 0.5) is 5.69 Å². The third-order valence-electron chi connectivity index (χ3n) is 3.91. The minimum absolute atomic E-state index is 0.0929. The first-order valence-electron chi connectivity index (χ1n) is 7.03. The second kappa shape index (κ2) is 6.58. The number of carbonyl (C=O) groups excluding carboxylic acids is 1. The number of amides is 1. The van der Waals surface area contributed by atoms with Gasteiger partial charge in [0.1, 0.15) is 0 Å². The second-order valence-corrected chi connectivity index (χ2v) is 6.32. The molecule has 6 heteroatoms. The summed E-state index contributed by atoms with van der Waals surface area (Å²) in [6.45, 7) is 3.51. The van der Waals surface area contributed by atoms with E-state index in [-0.39, 0.29) is 11.5 Å². The van der Waals surface area contributed by atoms with Crippen molar-refractivity contribution < 1.29 is 14.7 Å². The molecule has 0 bridgehead atoms. The van der Waals surface area contributed by atoms with Crippen LogP contribution in [-0.2, 0) is 4.79 Å². The number of aromatic carboxylic acids is 1. The number of carboxylic acids is 1. The highest BCUT2D eigenvalue weighted by molar-refractivity contribution is 9.10. The van der Waals surface area contributed by atoms with Crippen molar-refractivity contribution in [3.05, 3.63) is 28.2 Å². The summed E-state index contributed by atoms with van der Waals surface area (Å²) in [5.74, 6) is -1.15. The van der Waals surface area contributed by atoms with Gasteiger partial charge in [0.2, 0.25) is 5.91 Å². The summed E-state index contributed by atoms with van der Waals surface area (Å²) in [6.07, 6.45) is 2.50. The zero-order valence-corrected chi connectivity index (χ0v) is 13.5. The van der Waals surface area contributed by atoms with E-state index < -0.39 is 11.4 Å². The molecule has 3 N–H and O–H groups in total. The molecule has 21 heavy (non-hydrogen) atoms. The summed E-state index contributed by atoms with van der Waals surface area (Å²) < 4.78 is 0.670. The summed E-state index contributed by atoms with van der Waals surface area (Å²) in [4.78, 5) is 23.9. The number of hydrogen-bond acceptors (Lipinski definition) is 3. The van der Waals surface area contributed by atoms with Gasteiger partial charge in [-0.1, -0.05) is 29.3 Å². The maximum atomic E-state index is 12.6. The zero-order valence-electron chi connectivity index (χ0n) is 11.9. The first kappa shape index (κ1) is 16.0. The van der Waals surface area contributed by atoms with Crippen molar-refractivity contribution in [1.29, 1.82) is 0 Å². The van der Waals surface area contributed by atoms with Crippen molar-refractivity contribution in [3.63, 3.8) is 0 Å². The van der Waals surface area contributed by atoms with Gasteiger partial charge in [-0.25, -0.2) is 4.79 Å². The lowest BCUT2D eigenvalue weighted by Crippen LogP contribution is -2.38. The van der Waals surface area contributed by atoms with E-state index in [1.54, 1.807) is 12.1 Å². The molecule has 1 heterocycles. The lowest BCUT2D eigenvalue weighted by Gasteiger charge is -2.26. The average Bonchev–Trinajstić information content (AvgIpc) is 2.91. The zero-order chi connectivity index (χ0) is 15.5. The van der Waals surface area contributed by atoms with Crippen LogP contribution in [0, 0.1) is 5.41 Å². The highest BCUT2D eigenvalue weighted by atomic mass is 79.9. The van der Waals surface area contributed by atoms with E-state index in [1.807, 2.05) is 0 Å². The molecule has 1 atom stereocenters. The van der Waals surface area contributed by atoms with Crippen molar-refractivity contribution >= 4 is 33.5 Å². The Morgan fingerprint density at radius 3 is 2.81 bits per heavy atom. The molecule has 1 aromatic rings. The molecule has 0 saturated carbocycles. The molecule has 1 saturated heterocycles. The van der Waals surface area contributed by atoms with Gasteiger partial charge in [0.25, 0.3) is 0 Å². The standard InChI is InChI=1S/C15H19BrN2O3/c1-2-5-15(6-7-17-9-15)14(21)18-12-4-3-10(16)8-11(12)13(19)20/h3-4,8,17H,2,5-7,9H2,1H3,(H,18,21)(H,19,20). The summed E-state index contributed by atoms with van der Waals surface area (Å²) in [6, 6.07) is 4.84. The van der Waals surface area contributed by atoms with Gasteiger partial charge < -0.3 is 15.7 Å². The molecule has 1 aliphatic rings. The molecule has 5 nitrogen and oxygen atoms in total. The normalized spacial score (nSPS) is 21.2. The smallest absolute Gasteiger partial charge is 0.337 e. The van der Waals surface area contributed by atoms with Crippen LogP contribution in [0.3, 0.4) is 0 Å². The quantitative estimate of drug-likeness (QED) is 0.759. The molecule has 0 aromatic heterocycles. The average molecular weight is 355 g/mol. The van der Waals surface area contributed by atoms with Crippen molar-refractivity contribution in [1.82, 2.24) is 5.32 Å². The molecule has 1 aliphatic heterocycles. The van der Waals surface area contributed by atoms with E-state index in [0.717, 1.165) is 25.8 Å². The molecule has 1 aromatic carbocycles. The number of benzene rings is 1. The Labute approximate surface area is 132 Å². The molecule has 1 fully saturated rings. The molecule has 2 rings (SSSR count). The van der Waals surface area contributed by atoms with Gasteiger partial charge in [-0.3, -0.25) is 4.79 Å². The van der Waals surface area contributed by atoms with E-state index in [1.165, 1.54) is 6.07 Å². The van der Waals surface area contributed by atoms with Gasteiger partial charge >= 0.3 is 5.97 Å². The topological polar surface area (TPSA) is 78.4 Å². The van der Waals surface area contributed by atoms with E-state index >= 15 is 0 Å². The summed E-state index contributed by atoms with van der Waals surface area (Å²) >= 11 is 3.25. The minimum Gasteiger partial charge on any atom is -0.478 e. The van der Waals surface area contributed by atoms with Gasteiger partial charge in [-0.2, -0.15) is 0 Å². The van der Waals surface area contributed by atoms with Gasteiger partial charge in [0, 0.05) is 11.0 Å². The maximum absolute atomic E-state index is 12.6. The largest absolute Gasteiger partial charge is 0.478 e. The van der Waals surface area contributed by atoms with Crippen molar-refractivity contribution in [3.8, 4) is 0 Å². The summed E-state index contributed by atoms with van der Waals surface area (Å²) in [5, 5.41) is 15.3. The Bertz CT molecular complexity index is 554. The number of carbonyl (C=O) groups is 2. The molecule has 0 radical (unpaired) electrons. The number of carboxylic acid groups (broad SMARTS) is 1. The van der Waals surface area contributed by atoms with Gasteiger partial charge in [-0.15, -0.1) is 0 Å². The van der Waals surface area contributed by atoms with Crippen LogP contribution in [0.2, 0.25) is 0 Å². The predicted molar refractivity (Wildman–Crippen MR) is 84.6 cm³/mol. The van der Waals surface area contributed by atoms with E-state index in [4.69, 9.17) is 0 Å². The fourth-order valence-corrected chi connectivity index (χ4v) is 3.16. The Morgan fingerprint density at radius 1 is 1.48 bits per heavy atom. The van der Waals surface area contributed by atoms with Crippen molar-refractivity contribution in [2.24, 2.45) is 5.41 Å². The minimum atomic E-state index is -1.05. The highest BCUT2D eigenvalue weighted by Crippen LogP contribution is 2.33. The lowest BCUT2D eigenvalue weighted by atomic mass is 9.81. The van der Waals surface area contributed by atoms with Gasteiger partial charge in [-0.05, 0) is 37.6 Å². The van der Waals surface area contributed by atoms with Crippen LogP contribution in [0.5, 0.6) is 0 Å². The van der Waals surface area contributed by atoms with Gasteiger partial charge in [0.05, 0.1) is 16.7 Å². The highest BCUT2D eigenvalue weighted by Gasteiger charge is 2.40. The van der Waals surface area contributed by atoms with Crippen LogP contribution < -0.4 is 10.6 Å². The van der Waals surface area contributed by atoms with Crippen LogP contribution in [0.15, 0.2) is 22.7 Å². The fraction of sp³-hybridized carbons (Fsp3) is 0.467. The SMILES string of the molecule is CCCC1(C(=O)Nc2ccc(Br)cc2C(=O)O)CCNC1. The van der Waals surface area contributed by atoms with E-state index in [2.05, 4.69) is 33.5 Å². The number of rotatable bonds is 5. The number of nitrogens with one attached hydrogen (secondary N) is 2. The number of anilines is 1. The van der Waals surface area contributed by atoms with Crippen LogP contribution in [0.1, 0.15) is 36.5 Å². The monoisotopic (exact) mass is 354 g/mol. The summed E-state index contributed by atoms with van der Waals surface area (Å²) in [7, 11) is 0. The van der Waals surface area contributed by atoms with Gasteiger partial charge in [0.15, 0.2) is 0 Å². The molecular weight excluding hydrogens is 336 g/mol. The number of hydrogen-bond donors (Lipinski definition) is 3. The third kappa shape index (κ3) is 3.44. The van der Waals surface area contributed by atoms with E-state index in [0.29, 0.717) is 16.7 Å². The fourth-order valence-electron chi connectivity index (χ4n) is 2.80. The van der Waals surface area contributed by atoms with Crippen LogP contribution in [-0.4, -0.2) is 30.1 Å². The Morgan fingerprint density at radius 2 is 2.24 bits per heavy atom. The molecule has 114 valence electrons. The van der Waals surface area contributed by atoms with Crippen LogP contribution >= 0.6 is 15.9 Å². The first-order valence-corrected chi connectivity index (χ1v) is 7.83. The van der Waals surface area contributed by atoms with E-state index in [9.17, 15) is 14.7 Å². The molecule has 1 unspecified atom stereocenters. The Balaban J connectivity index is 2.25. The molecule has 0 spiro atoms. The summed E-state index contributed by atoms with van der Waals surface area (Å²) in [5.41, 5.74) is 0.00540. The Kier molecular flexibility index (Phi) is 5.00. The molecular formula is C15H19BrN2O3. The predicted octanol–water partition coefficient (Wildman–Crippen LogP) is 2.87. The van der Waals surface area contributed by atoms with Crippen LogP contribution in [0.25, 0.3) is 0 Å². The second-order valence-electron chi connectivity index (χ2n) is 5.41. The number of halogens is 1.